The molecule has 8 atom stereocenters. The van der Waals surface area contributed by atoms with Gasteiger partial charge in [-0.25, -0.2) is 0 Å². The van der Waals surface area contributed by atoms with Crippen LogP contribution in [0.15, 0.2) is 11.6 Å². The quantitative estimate of drug-likeness (QED) is 0.515. The number of hydrogen-bond acceptors (Lipinski definition) is 2. The van der Waals surface area contributed by atoms with E-state index < -0.39 is 5.60 Å². The highest BCUT2D eigenvalue weighted by Crippen LogP contribution is 2.67. The molecule has 0 amide bonds. The Balaban J connectivity index is 1.53. The molecule has 2 heteroatoms. The minimum Gasteiger partial charge on any atom is -0.393 e. The van der Waals surface area contributed by atoms with E-state index in [9.17, 15) is 10.2 Å². The van der Waals surface area contributed by atoms with Crippen molar-refractivity contribution < 1.29 is 10.2 Å². The van der Waals surface area contributed by atoms with Gasteiger partial charge in [-0.2, -0.15) is 0 Å². The van der Waals surface area contributed by atoms with E-state index in [1.807, 2.05) is 0 Å². The van der Waals surface area contributed by atoms with Gasteiger partial charge in [0.05, 0.1) is 11.7 Å². The first-order valence-corrected chi connectivity index (χ1v) is 12.7. The highest BCUT2D eigenvalue weighted by molar-refractivity contribution is 5.25. The Morgan fingerprint density at radius 1 is 1.10 bits per heavy atom. The summed E-state index contributed by atoms with van der Waals surface area (Å²) >= 11 is 0. The van der Waals surface area contributed by atoms with Crippen LogP contribution in [-0.4, -0.2) is 21.9 Å². The van der Waals surface area contributed by atoms with Gasteiger partial charge in [-0.15, -0.1) is 0 Å². The lowest BCUT2D eigenvalue weighted by atomic mass is 9.46. The Morgan fingerprint density at radius 3 is 2.59 bits per heavy atom. The zero-order valence-corrected chi connectivity index (χ0v) is 19.7. The second-order valence-electron chi connectivity index (χ2n) is 12.5. The van der Waals surface area contributed by atoms with Crippen LogP contribution >= 0.6 is 0 Å². The Hall–Kier alpha value is -0.340. The number of aliphatic hydroxyl groups excluding tert-OH is 1. The fraction of sp³-hybridized carbons (Fsp3) is 0.926. The van der Waals surface area contributed by atoms with E-state index in [4.69, 9.17) is 0 Å². The molecule has 0 aromatic carbocycles. The number of allylic oxidation sites excluding steroid dienone is 1. The van der Waals surface area contributed by atoms with Crippen molar-refractivity contribution in [1.82, 2.24) is 0 Å². The van der Waals surface area contributed by atoms with Gasteiger partial charge in [-0.05, 0) is 105 Å². The van der Waals surface area contributed by atoms with Gasteiger partial charge < -0.3 is 10.2 Å². The zero-order valence-electron chi connectivity index (χ0n) is 19.7. The Bertz CT molecular complexity index is 634. The van der Waals surface area contributed by atoms with Gasteiger partial charge in [0.25, 0.3) is 0 Å². The summed E-state index contributed by atoms with van der Waals surface area (Å²) in [6, 6.07) is 0. The molecule has 0 radical (unpaired) electrons. The molecule has 0 saturated heterocycles. The third-order valence-corrected chi connectivity index (χ3v) is 10.3. The molecule has 29 heavy (non-hydrogen) atoms. The van der Waals surface area contributed by atoms with Crippen LogP contribution in [0.3, 0.4) is 0 Å². The molecule has 0 bridgehead atoms. The van der Waals surface area contributed by atoms with Crippen LogP contribution < -0.4 is 0 Å². The van der Waals surface area contributed by atoms with Crippen LogP contribution in [0.25, 0.3) is 0 Å². The van der Waals surface area contributed by atoms with E-state index >= 15 is 0 Å². The van der Waals surface area contributed by atoms with Gasteiger partial charge in [0.15, 0.2) is 0 Å². The number of hydrogen-bond donors (Lipinski definition) is 2. The van der Waals surface area contributed by atoms with Crippen LogP contribution in [0, 0.1) is 40.4 Å². The van der Waals surface area contributed by atoms with Crippen molar-refractivity contribution in [3.8, 4) is 0 Å². The first-order valence-electron chi connectivity index (χ1n) is 12.7. The predicted octanol–water partition coefficient (Wildman–Crippen LogP) is 6.50. The van der Waals surface area contributed by atoms with Crippen molar-refractivity contribution in [2.75, 3.05) is 0 Å². The fourth-order valence-corrected chi connectivity index (χ4v) is 8.71. The molecule has 0 spiro atoms. The molecule has 4 aliphatic carbocycles. The van der Waals surface area contributed by atoms with Gasteiger partial charge in [-0.1, -0.05) is 52.2 Å². The summed E-state index contributed by atoms with van der Waals surface area (Å²) in [6.45, 7) is 11.8. The standard InChI is InChI=1S/C27H46O2/c1-18(2)7-6-14-27(5,29)24-11-10-22-21-9-8-19-17-20(28)12-15-25(19,3)23(21)13-16-26(22,24)4/h8,18,20-24,28-29H,6-7,9-17H2,1-5H3/t20-,21-,22-,23-,24+,25-,26+,27+/m0/s1. The summed E-state index contributed by atoms with van der Waals surface area (Å²) in [5.41, 5.74) is 1.68. The van der Waals surface area contributed by atoms with Gasteiger partial charge in [-0.3, -0.25) is 0 Å². The van der Waals surface area contributed by atoms with Crippen LogP contribution in [0.4, 0.5) is 0 Å². The highest BCUT2D eigenvalue weighted by atomic mass is 16.3. The van der Waals surface area contributed by atoms with Crippen molar-refractivity contribution in [3.05, 3.63) is 11.6 Å². The van der Waals surface area contributed by atoms with E-state index in [-0.39, 0.29) is 6.10 Å². The average molecular weight is 403 g/mol. The summed E-state index contributed by atoms with van der Waals surface area (Å²) < 4.78 is 0. The molecule has 4 rings (SSSR count). The number of aliphatic hydroxyl groups is 2. The van der Waals surface area contributed by atoms with Crippen molar-refractivity contribution >= 4 is 0 Å². The summed E-state index contributed by atoms with van der Waals surface area (Å²) in [5, 5.41) is 21.8. The third-order valence-electron chi connectivity index (χ3n) is 10.3. The van der Waals surface area contributed by atoms with Crippen LogP contribution in [0.2, 0.25) is 0 Å². The smallest absolute Gasteiger partial charge is 0.0653 e. The van der Waals surface area contributed by atoms with Crippen molar-refractivity contribution in [3.63, 3.8) is 0 Å². The Morgan fingerprint density at radius 2 is 1.86 bits per heavy atom. The van der Waals surface area contributed by atoms with Crippen LogP contribution in [-0.2, 0) is 0 Å². The van der Waals surface area contributed by atoms with Gasteiger partial charge in [0.2, 0.25) is 0 Å². The second-order valence-corrected chi connectivity index (χ2v) is 12.5. The maximum atomic E-state index is 11.6. The molecule has 0 aromatic heterocycles. The first kappa shape index (κ1) is 21.9. The minimum atomic E-state index is -0.514. The lowest BCUT2D eigenvalue weighted by Gasteiger charge is -2.59. The van der Waals surface area contributed by atoms with Gasteiger partial charge >= 0.3 is 0 Å². The first-order chi connectivity index (χ1) is 13.6. The van der Waals surface area contributed by atoms with E-state index in [2.05, 4.69) is 40.7 Å². The lowest BCUT2D eigenvalue weighted by Crippen LogP contribution is -2.53. The summed E-state index contributed by atoms with van der Waals surface area (Å²) in [6.07, 6.45) is 15.2. The van der Waals surface area contributed by atoms with Crippen molar-refractivity contribution in [2.45, 2.75) is 117 Å². The Labute approximate surface area is 179 Å². The normalized spacial score (nSPS) is 46.5. The second kappa shape index (κ2) is 7.66. The molecule has 0 unspecified atom stereocenters. The molecular formula is C27H46O2. The molecule has 0 aliphatic heterocycles. The molecule has 3 saturated carbocycles. The summed E-state index contributed by atoms with van der Waals surface area (Å²) in [4.78, 5) is 0. The van der Waals surface area contributed by atoms with Crippen molar-refractivity contribution in [1.29, 1.82) is 0 Å². The molecule has 4 aliphatic rings. The third kappa shape index (κ3) is 3.65. The molecule has 2 N–H and O–H groups in total. The molecule has 0 heterocycles. The van der Waals surface area contributed by atoms with E-state index in [1.54, 1.807) is 5.57 Å². The molecule has 2 nitrogen and oxygen atoms in total. The molecule has 0 aromatic rings. The lowest BCUT2D eigenvalue weighted by molar-refractivity contribution is -0.105. The molecule has 3 fully saturated rings. The van der Waals surface area contributed by atoms with E-state index in [1.165, 1.54) is 44.9 Å². The zero-order chi connectivity index (χ0) is 21.0. The summed E-state index contributed by atoms with van der Waals surface area (Å²) in [7, 11) is 0. The average Bonchev–Trinajstić information content (AvgIpc) is 3.00. The van der Waals surface area contributed by atoms with Crippen LogP contribution in [0.5, 0.6) is 0 Å². The van der Waals surface area contributed by atoms with Crippen LogP contribution in [0.1, 0.15) is 105 Å². The number of fused-ring (bicyclic) bond motifs is 5. The largest absolute Gasteiger partial charge is 0.393 e. The molecular weight excluding hydrogens is 356 g/mol. The number of rotatable bonds is 5. The maximum Gasteiger partial charge on any atom is 0.0653 e. The van der Waals surface area contributed by atoms with Gasteiger partial charge in [0, 0.05) is 0 Å². The maximum absolute atomic E-state index is 11.6. The minimum absolute atomic E-state index is 0.114. The van der Waals surface area contributed by atoms with E-state index in [0.29, 0.717) is 16.7 Å². The summed E-state index contributed by atoms with van der Waals surface area (Å²) in [5.74, 6) is 3.53. The highest BCUT2D eigenvalue weighted by Gasteiger charge is 2.61. The topological polar surface area (TPSA) is 40.5 Å². The predicted molar refractivity (Wildman–Crippen MR) is 121 cm³/mol. The van der Waals surface area contributed by atoms with Crippen molar-refractivity contribution in [2.24, 2.45) is 40.4 Å². The molecule has 166 valence electrons. The fourth-order valence-electron chi connectivity index (χ4n) is 8.71. The SMILES string of the molecule is CC(C)CCC[C@@](C)(O)[C@@H]1CC[C@H]2[C@@H]3CC=C4C[C@@H](O)CC[C@]4(C)[C@H]3CC[C@@]12C. The van der Waals surface area contributed by atoms with E-state index in [0.717, 1.165) is 49.4 Å². The monoisotopic (exact) mass is 402 g/mol. The van der Waals surface area contributed by atoms with Gasteiger partial charge in [0.1, 0.15) is 0 Å². The Kier molecular flexibility index (Phi) is 5.78.